The van der Waals surface area contributed by atoms with Gasteiger partial charge in [0, 0.05) is 16.5 Å². The van der Waals surface area contributed by atoms with Crippen LogP contribution >= 0.6 is 11.8 Å². The van der Waals surface area contributed by atoms with Gasteiger partial charge in [0.25, 0.3) is 0 Å². The van der Waals surface area contributed by atoms with E-state index in [1.807, 2.05) is 25.3 Å². The number of ether oxygens (including phenoxy) is 1. The van der Waals surface area contributed by atoms with Crippen LogP contribution in [0.5, 0.6) is 5.75 Å². The summed E-state index contributed by atoms with van der Waals surface area (Å²) in [6.45, 7) is 5.51. The number of rotatable bonds is 6. The largest absolute Gasteiger partial charge is 0.505 e. The van der Waals surface area contributed by atoms with Gasteiger partial charge in [-0.05, 0) is 48.2 Å². The molecule has 0 spiro atoms. The van der Waals surface area contributed by atoms with E-state index in [0.717, 1.165) is 11.0 Å². The van der Waals surface area contributed by atoms with Gasteiger partial charge in [0.05, 0.1) is 0 Å². The molecule has 1 amide bonds. The van der Waals surface area contributed by atoms with Gasteiger partial charge in [0.1, 0.15) is 6.10 Å². The predicted molar refractivity (Wildman–Crippen MR) is 98.5 cm³/mol. The normalized spacial score (nSPS) is 12.9. The molecule has 25 heavy (non-hydrogen) atoms. The monoisotopic (exact) mass is 361 g/mol. The second-order valence-corrected chi connectivity index (χ2v) is 6.36. The SMILES string of the molecule is C=C[C@H](C)[C@H](OC(=O)Nc1ccc(SC)cc1)c1ccc(O)c(F)c1. The molecule has 0 aromatic heterocycles. The molecule has 0 aliphatic carbocycles. The van der Waals surface area contributed by atoms with Crippen molar-refractivity contribution in [1.29, 1.82) is 0 Å². The van der Waals surface area contributed by atoms with Crippen molar-refractivity contribution >= 4 is 23.5 Å². The zero-order valence-corrected chi connectivity index (χ0v) is 14.8. The second kappa shape index (κ2) is 8.58. The van der Waals surface area contributed by atoms with Crippen molar-refractivity contribution in [2.45, 2.75) is 17.9 Å². The van der Waals surface area contributed by atoms with Crippen molar-refractivity contribution in [3.63, 3.8) is 0 Å². The van der Waals surface area contributed by atoms with E-state index in [-0.39, 0.29) is 5.92 Å². The average molecular weight is 361 g/mol. The minimum Gasteiger partial charge on any atom is -0.505 e. The summed E-state index contributed by atoms with van der Waals surface area (Å²) in [7, 11) is 0. The van der Waals surface area contributed by atoms with Crippen molar-refractivity contribution in [2.24, 2.45) is 5.92 Å². The van der Waals surface area contributed by atoms with E-state index in [1.54, 1.807) is 30.0 Å². The average Bonchev–Trinajstić information content (AvgIpc) is 2.62. The van der Waals surface area contributed by atoms with E-state index >= 15 is 0 Å². The molecular weight excluding hydrogens is 341 g/mol. The molecule has 0 bridgehead atoms. The molecule has 4 nitrogen and oxygen atoms in total. The minimum absolute atomic E-state index is 0.242. The molecule has 2 aromatic rings. The Labute approximate surface area is 150 Å². The molecule has 0 saturated carbocycles. The van der Waals surface area contributed by atoms with Crippen LogP contribution in [0.15, 0.2) is 60.0 Å². The first kappa shape index (κ1) is 18.9. The highest BCUT2D eigenvalue weighted by atomic mass is 32.2. The third-order valence-corrected chi connectivity index (χ3v) is 4.46. The number of amides is 1. The van der Waals surface area contributed by atoms with Gasteiger partial charge in [-0.2, -0.15) is 0 Å². The Balaban J connectivity index is 2.13. The molecule has 6 heteroatoms. The number of hydrogen-bond acceptors (Lipinski definition) is 4. The Hall–Kier alpha value is -2.47. The summed E-state index contributed by atoms with van der Waals surface area (Å²) in [5, 5.41) is 12.0. The molecule has 0 heterocycles. The van der Waals surface area contributed by atoms with Gasteiger partial charge < -0.3 is 9.84 Å². The van der Waals surface area contributed by atoms with Crippen LogP contribution < -0.4 is 5.32 Å². The Kier molecular flexibility index (Phi) is 6.47. The topological polar surface area (TPSA) is 58.6 Å². The number of halogens is 1. The molecule has 0 radical (unpaired) electrons. The fourth-order valence-corrected chi connectivity index (χ4v) is 2.65. The lowest BCUT2D eigenvalue weighted by molar-refractivity contribution is 0.0895. The fraction of sp³-hybridized carbons (Fsp3) is 0.211. The van der Waals surface area contributed by atoms with Gasteiger partial charge in [0.2, 0.25) is 0 Å². The van der Waals surface area contributed by atoms with Crippen LogP contribution in [0.3, 0.4) is 0 Å². The first-order valence-electron chi connectivity index (χ1n) is 7.67. The molecule has 0 fully saturated rings. The second-order valence-electron chi connectivity index (χ2n) is 5.49. The summed E-state index contributed by atoms with van der Waals surface area (Å²) in [4.78, 5) is 13.3. The molecular formula is C19H20FNO3S. The number of carbonyl (C=O) groups excluding carboxylic acids is 1. The first-order valence-corrected chi connectivity index (χ1v) is 8.89. The number of phenolic OH excluding ortho intramolecular Hbond substituents is 1. The lowest BCUT2D eigenvalue weighted by Gasteiger charge is -2.22. The zero-order chi connectivity index (χ0) is 18.4. The van der Waals surface area contributed by atoms with Crippen LogP contribution in [0.2, 0.25) is 0 Å². The molecule has 2 rings (SSSR count). The number of nitrogens with one attached hydrogen (secondary N) is 1. The van der Waals surface area contributed by atoms with Gasteiger partial charge in [-0.25, -0.2) is 9.18 Å². The van der Waals surface area contributed by atoms with E-state index < -0.39 is 23.8 Å². The van der Waals surface area contributed by atoms with E-state index in [9.17, 15) is 14.3 Å². The molecule has 0 aliphatic rings. The predicted octanol–water partition coefficient (Wildman–Crippen LogP) is 5.37. The lowest BCUT2D eigenvalue weighted by atomic mass is 9.97. The van der Waals surface area contributed by atoms with Crippen molar-refractivity contribution < 1.29 is 19.0 Å². The molecule has 0 saturated heterocycles. The lowest BCUT2D eigenvalue weighted by Crippen LogP contribution is -2.21. The molecule has 2 aromatic carbocycles. The highest BCUT2D eigenvalue weighted by Gasteiger charge is 2.23. The summed E-state index contributed by atoms with van der Waals surface area (Å²) in [6.07, 6.45) is 2.22. The summed E-state index contributed by atoms with van der Waals surface area (Å²) in [5.74, 6) is -1.46. The Morgan fingerprint density at radius 1 is 1.32 bits per heavy atom. The minimum atomic E-state index is -0.768. The van der Waals surface area contributed by atoms with Crippen LogP contribution in [0.25, 0.3) is 0 Å². The van der Waals surface area contributed by atoms with Crippen molar-refractivity contribution in [3.05, 3.63) is 66.5 Å². The summed E-state index contributed by atoms with van der Waals surface area (Å²) in [5.41, 5.74) is 1.04. The zero-order valence-electron chi connectivity index (χ0n) is 14.0. The molecule has 132 valence electrons. The number of thioether (sulfide) groups is 1. The molecule has 0 aliphatic heterocycles. The summed E-state index contributed by atoms with van der Waals surface area (Å²) < 4.78 is 19.1. The number of hydrogen-bond donors (Lipinski definition) is 2. The van der Waals surface area contributed by atoms with E-state index in [2.05, 4.69) is 11.9 Å². The van der Waals surface area contributed by atoms with Gasteiger partial charge in [-0.3, -0.25) is 5.32 Å². The van der Waals surface area contributed by atoms with Crippen LogP contribution in [0, 0.1) is 11.7 Å². The Morgan fingerprint density at radius 3 is 2.56 bits per heavy atom. The van der Waals surface area contributed by atoms with E-state index in [1.165, 1.54) is 12.1 Å². The number of carbonyl (C=O) groups is 1. The Bertz CT molecular complexity index is 749. The smallest absolute Gasteiger partial charge is 0.412 e. The van der Waals surface area contributed by atoms with Crippen molar-refractivity contribution in [2.75, 3.05) is 11.6 Å². The standard InChI is InChI=1S/C19H20FNO3S/c1-4-12(2)18(13-5-10-17(22)16(20)11-13)24-19(23)21-14-6-8-15(25-3)9-7-14/h4-12,18,22H,1H2,2-3H3,(H,21,23)/t12-,18-/m0/s1. The summed E-state index contributed by atoms with van der Waals surface area (Å²) >= 11 is 1.60. The van der Waals surface area contributed by atoms with Crippen LogP contribution in [0.4, 0.5) is 14.9 Å². The van der Waals surface area contributed by atoms with Gasteiger partial charge in [-0.1, -0.05) is 19.1 Å². The molecule has 2 atom stereocenters. The highest BCUT2D eigenvalue weighted by molar-refractivity contribution is 7.98. The van der Waals surface area contributed by atoms with E-state index in [4.69, 9.17) is 4.74 Å². The van der Waals surface area contributed by atoms with Crippen molar-refractivity contribution in [1.82, 2.24) is 0 Å². The summed E-state index contributed by atoms with van der Waals surface area (Å²) in [6, 6.07) is 11.2. The number of aromatic hydroxyl groups is 1. The number of benzene rings is 2. The van der Waals surface area contributed by atoms with Gasteiger partial charge in [-0.15, -0.1) is 18.3 Å². The molecule has 2 N–H and O–H groups in total. The maximum absolute atomic E-state index is 13.6. The van der Waals surface area contributed by atoms with E-state index in [0.29, 0.717) is 11.3 Å². The van der Waals surface area contributed by atoms with Crippen LogP contribution in [0.1, 0.15) is 18.6 Å². The quantitative estimate of drug-likeness (QED) is 0.537. The number of anilines is 1. The molecule has 0 unspecified atom stereocenters. The van der Waals surface area contributed by atoms with Gasteiger partial charge in [0.15, 0.2) is 11.6 Å². The first-order chi connectivity index (χ1) is 11.9. The Morgan fingerprint density at radius 2 is 2.00 bits per heavy atom. The van der Waals surface area contributed by atoms with Crippen molar-refractivity contribution in [3.8, 4) is 5.75 Å². The maximum Gasteiger partial charge on any atom is 0.412 e. The third-order valence-electron chi connectivity index (χ3n) is 3.72. The van der Waals surface area contributed by atoms with Gasteiger partial charge >= 0.3 is 6.09 Å². The maximum atomic E-state index is 13.6. The third kappa shape index (κ3) is 5.00. The van der Waals surface area contributed by atoms with Crippen LogP contribution in [-0.4, -0.2) is 17.5 Å². The highest BCUT2D eigenvalue weighted by Crippen LogP contribution is 2.30. The number of phenols is 1. The fourth-order valence-electron chi connectivity index (χ4n) is 2.24. The van der Waals surface area contributed by atoms with Crippen LogP contribution in [-0.2, 0) is 4.74 Å².